The third kappa shape index (κ3) is 3.21. The van der Waals surface area contributed by atoms with E-state index < -0.39 is 0 Å². The van der Waals surface area contributed by atoms with Gasteiger partial charge in [0, 0.05) is 31.3 Å². The van der Waals surface area contributed by atoms with Gasteiger partial charge in [0.05, 0.1) is 11.3 Å². The van der Waals surface area contributed by atoms with Crippen molar-refractivity contribution in [2.24, 2.45) is 0 Å². The Morgan fingerprint density at radius 3 is 2.76 bits per heavy atom. The van der Waals surface area contributed by atoms with Crippen LogP contribution in [0.1, 0.15) is 12.8 Å². The van der Waals surface area contributed by atoms with Crippen molar-refractivity contribution in [2.45, 2.75) is 17.9 Å². The molecule has 1 aliphatic rings. The van der Waals surface area contributed by atoms with E-state index in [1.54, 1.807) is 4.90 Å². The molecule has 1 amide bonds. The molecule has 0 N–H and O–H groups in total. The van der Waals surface area contributed by atoms with Gasteiger partial charge in [-0.25, -0.2) is 9.97 Å². The average Bonchev–Trinajstić information content (AvgIpc) is 2.53. The first-order valence-electron chi connectivity index (χ1n) is 6.86. The van der Waals surface area contributed by atoms with Crippen molar-refractivity contribution in [2.75, 3.05) is 18.8 Å². The number of para-hydroxylation sites is 1. The molecule has 0 atom stereocenters. The normalized spacial score (nSPS) is 15.4. The number of aromatic nitrogens is 2. The van der Waals surface area contributed by atoms with E-state index >= 15 is 0 Å². The van der Waals surface area contributed by atoms with Crippen molar-refractivity contribution < 1.29 is 9.59 Å². The molecule has 1 aromatic heterocycles. The summed E-state index contributed by atoms with van der Waals surface area (Å²) in [5.74, 6) is 0.651. The molecule has 5 nitrogen and oxygen atoms in total. The minimum absolute atomic E-state index is 0.0650. The van der Waals surface area contributed by atoms with E-state index in [0.717, 1.165) is 15.9 Å². The first-order chi connectivity index (χ1) is 10.2. The predicted molar refractivity (Wildman–Crippen MR) is 81.1 cm³/mol. The number of fused-ring (bicyclic) bond motifs is 1. The number of ketones is 1. The molecule has 0 saturated carbocycles. The van der Waals surface area contributed by atoms with Gasteiger partial charge in [0.1, 0.15) is 17.1 Å². The molecule has 0 spiro atoms. The standard InChI is InChI=1S/C15H15N3O2S/c19-11-5-7-18(8-6-11)14(20)9-21-15-12-3-1-2-4-13(12)16-10-17-15/h1-4,10H,5-9H2. The molecule has 108 valence electrons. The minimum atomic E-state index is 0.0650. The molecule has 3 rings (SSSR count). The van der Waals surface area contributed by atoms with Crippen molar-refractivity contribution in [3.05, 3.63) is 30.6 Å². The van der Waals surface area contributed by atoms with E-state index in [9.17, 15) is 9.59 Å². The molecule has 0 aliphatic carbocycles. The molecular formula is C15H15N3O2S. The highest BCUT2D eigenvalue weighted by molar-refractivity contribution is 8.00. The van der Waals surface area contributed by atoms with Crippen molar-refractivity contribution in [3.63, 3.8) is 0 Å². The van der Waals surface area contributed by atoms with Gasteiger partial charge in [-0.1, -0.05) is 30.0 Å². The zero-order valence-corrected chi connectivity index (χ0v) is 12.3. The summed E-state index contributed by atoms with van der Waals surface area (Å²) in [6.07, 6.45) is 2.48. The summed E-state index contributed by atoms with van der Waals surface area (Å²) in [5, 5.41) is 1.79. The van der Waals surface area contributed by atoms with Gasteiger partial charge in [-0.05, 0) is 6.07 Å². The Kier molecular flexibility index (Phi) is 4.15. The fourth-order valence-corrected chi connectivity index (χ4v) is 3.21. The van der Waals surface area contributed by atoms with Crippen LogP contribution in [0, 0.1) is 0 Å². The number of carbonyl (C=O) groups excluding carboxylic acids is 2. The van der Waals surface area contributed by atoms with Crippen molar-refractivity contribution in [1.29, 1.82) is 0 Å². The number of hydrogen-bond acceptors (Lipinski definition) is 5. The number of amides is 1. The highest BCUT2D eigenvalue weighted by Crippen LogP contribution is 2.24. The maximum atomic E-state index is 12.2. The third-order valence-electron chi connectivity index (χ3n) is 3.51. The lowest BCUT2D eigenvalue weighted by molar-refractivity contribution is -0.132. The molecule has 1 aromatic carbocycles. The molecule has 1 aliphatic heterocycles. The molecular weight excluding hydrogens is 286 g/mol. The zero-order chi connectivity index (χ0) is 14.7. The van der Waals surface area contributed by atoms with Crippen molar-refractivity contribution >= 4 is 34.4 Å². The van der Waals surface area contributed by atoms with E-state index in [4.69, 9.17) is 0 Å². The van der Waals surface area contributed by atoms with Crippen LogP contribution < -0.4 is 0 Å². The van der Waals surface area contributed by atoms with Crippen LogP contribution in [-0.2, 0) is 9.59 Å². The highest BCUT2D eigenvalue weighted by atomic mass is 32.2. The SMILES string of the molecule is O=C1CCN(C(=O)CSc2ncnc3ccccc23)CC1. The summed E-state index contributed by atoms with van der Waals surface area (Å²) in [6, 6.07) is 7.76. The molecule has 2 heterocycles. The number of Topliss-reactive ketones (excluding diaryl/α,β-unsaturated/α-hetero) is 1. The maximum absolute atomic E-state index is 12.2. The Morgan fingerprint density at radius 2 is 1.95 bits per heavy atom. The van der Waals surface area contributed by atoms with Gasteiger partial charge in [0.2, 0.25) is 5.91 Å². The Labute approximate surface area is 126 Å². The van der Waals surface area contributed by atoms with Crippen LogP contribution in [0.25, 0.3) is 10.9 Å². The number of nitrogens with zero attached hydrogens (tertiary/aromatic N) is 3. The number of rotatable bonds is 3. The number of piperidine rings is 1. The van der Waals surface area contributed by atoms with Crippen LogP contribution in [0.4, 0.5) is 0 Å². The summed E-state index contributed by atoms with van der Waals surface area (Å²) in [5.41, 5.74) is 0.881. The Hall–Kier alpha value is -1.95. The van der Waals surface area contributed by atoms with Crippen LogP contribution in [0.2, 0.25) is 0 Å². The second-order valence-corrected chi connectivity index (χ2v) is 5.87. The first-order valence-corrected chi connectivity index (χ1v) is 7.84. The first kappa shape index (κ1) is 14.0. The number of hydrogen-bond donors (Lipinski definition) is 0. The lowest BCUT2D eigenvalue weighted by Gasteiger charge is -2.25. The molecule has 2 aromatic rings. The van der Waals surface area contributed by atoms with Gasteiger partial charge in [-0.15, -0.1) is 0 Å². The summed E-state index contributed by atoms with van der Waals surface area (Å²) < 4.78 is 0. The van der Waals surface area contributed by atoms with E-state index in [2.05, 4.69) is 9.97 Å². The third-order valence-corrected chi connectivity index (χ3v) is 4.50. The number of likely N-dealkylation sites (tertiary alicyclic amines) is 1. The topological polar surface area (TPSA) is 63.2 Å². The van der Waals surface area contributed by atoms with Gasteiger partial charge in [0.15, 0.2) is 0 Å². The smallest absolute Gasteiger partial charge is 0.233 e. The highest BCUT2D eigenvalue weighted by Gasteiger charge is 2.20. The monoisotopic (exact) mass is 301 g/mol. The van der Waals surface area contributed by atoms with Gasteiger partial charge in [-0.2, -0.15) is 0 Å². The number of thioether (sulfide) groups is 1. The molecule has 0 bridgehead atoms. The van der Waals surface area contributed by atoms with Gasteiger partial charge >= 0.3 is 0 Å². The average molecular weight is 301 g/mol. The van der Waals surface area contributed by atoms with Crippen molar-refractivity contribution in [3.8, 4) is 0 Å². The summed E-state index contributed by atoms with van der Waals surface area (Å²) >= 11 is 1.43. The van der Waals surface area contributed by atoms with Gasteiger partial charge < -0.3 is 4.90 Å². The van der Waals surface area contributed by atoms with Crippen molar-refractivity contribution in [1.82, 2.24) is 14.9 Å². The van der Waals surface area contributed by atoms with E-state index in [1.807, 2.05) is 24.3 Å². The lowest BCUT2D eigenvalue weighted by atomic mass is 10.1. The summed E-state index contributed by atoms with van der Waals surface area (Å²) in [7, 11) is 0. The summed E-state index contributed by atoms with van der Waals surface area (Å²) in [6.45, 7) is 1.09. The van der Waals surface area contributed by atoms with Crippen LogP contribution in [0.5, 0.6) is 0 Å². The second-order valence-electron chi connectivity index (χ2n) is 4.90. The molecule has 1 saturated heterocycles. The predicted octanol–water partition coefficient (Wildman–Crippen LogP) is 1.91. The van der Waals surface area contributed by atoms with Crippen LogP contribution in [0.3, 0.4) is 0 Å². The van der Waals surface area contributed by atoms with Crippen LogP contribution >= 0.6 is 11.8 Å². The fraction of sp³-hybridized carbons (Fsp3) is 0.333. The quantitative estimate of drug-likeness (QED) is 0.640. The summed E-state index contributed by atoms with van der Waals surface area (Å²) in [4.78, 5) is 33.6. The van der Waals surface area contributed by atoms with Gasteiger partial charge in [-0.3, -0.25) is 9.59 Å². The molecule has 6 heteroatoms. The molecule has 21 heavy (non-hydrogen) atoms. The molecule has 1 fully saturated rings. The molecule has 0 radical (unpaired) electrons. The van der Waals surface area contributed by atoms with Crippen LogP contribution in [-0.4, -0.2) is 45.4 Å². The van der Waals surface area contributed by atoms with E-state index in [-0.39, 0.29) is 11.7 Å². The largest absolute Gasteiger partial charge is 0.341 e. The van der Waals surface area contributed by atoms with E-state index in [0.29, 0.717) is 31.7 Å². The number of benzene rings is 1. The fourth-order valence-electron chi connectivity index (χ4n) is 2.32. The van der Waals surface area contributed by atoms with Gasteiger partial charge in [0.25, 0.3) is 0 Å². The second kappa shape index (κ2) is 6.22. The number of carbonyl (C=O) groups is 2. The Balaban J connectivity index is 1.66. The van der Waals surface area contributed by atoms with Crippen LogP contribution in [0.15, 0.2) is 35.6 Å². The van der Waals surface area contributed by atoms with E-state index in [1.165, 1.54) is 18.1 Å². The Morgan fingerprint density at radius 1 is 1.19 bits per heavy atom. The maximum Gasteiger partial charge on any atom is 0.233 e. The lowest BCUT2D eigenvalue weighted by Crippen LogP contribution is -2.39. The zero-order valence-electron chi connectivity index (χ0n) is 11.5. The Bertz CT molecular complexity index is 674. The minimum Gasteiger partial charge on any atom is -0.341 e. The molecule has 0 unspecified atom stereocenters.